The summed E-state index contributed by atoms with van der Waals surface area (Å²) in [5.74, 6) is -0.737. The second-order valence-electron chi connectivity index (χ2n) is 8.74. The van der Waals surface area contributed by atoms with Gasteiger partial charge in [-0.25, -0.2) is 4.39 Å². The van der Waals surface area contributed by atoms with Gasteiger partial charge in [0.2, 0.25) is 0 Å². The van der Waals surface area contributed by atoms with Crippen molar-refractivity contribution in [2.45, 2.75) is 49.5 Å². The summed E-state index contributed by atoms with van der Waals surface area (Å²) in [4.78, 5) is 25.4. The molecule has 3 N–H and O–H groups in total. The summed E-state index contributed by atoms with van der Waals surface area (Å²) in [6.45, 7) is 0. The smallest absolute Gasteiger partial charge is 0.261 e. The molecule has 2 amide bonds. The number of carbonyl (C=O) groups excluding carboxylic acids is 2. The van der Waals surface area contributed by atoms with E-state index < -0.39 is 18.0 Å². The number of hydrogen-bond donors (Lipinski definition) is 3. The number of aliphatic hydroxyl groups excluding tert-OH is 1. The van der Waals surface area contributed by atoms with Crippen LogP contribution >= 0.6 is 23.2 Å². The molecule has 5 atom stereocenters. The number of benzene rings is 2. The zero-order valence-corrected chi connectivity index (χ0v) is 18.4. The number of nitrogens with one attached hydrogen (secondary N) is 2. The first-order valence-electron chi connectivity index (χ1n) is 10.5. The first-order chi connectivity index (χ1) is 15.3. The van der Waals surface area contributed by atoms with Crippen molar-refractivity contribution in [3.05, 3.63) is 63.4 Å². The van der Waals surface area contributed by atoms with Crippen molar-refractivity contribution in [3.63, 3.8) is 0 Å². The summed E-state index contributed by atoms with van der Waals surface area (Å²) >= 11 is 11.7. The minimum atomic E-state index is -0.837. The first kappa shape index (κ1) is 21.5. The predicted molar refractivity (Wildman–Crippen MR) is 116 cm³/mol. The molecule has 9 heteroatoms. The summed E-state index contributed by atoms with van der Waals surface area (Å²) in [6.07, 6.45) is 0.763. The minimum Gasteiger partial charge on any atom is -0.480 e. The Bertz CT molecular complexity index is 1110. The topological polar surface area (TPSA) is 87.7 Å². The fourth-order valence-electron chi connectivity index (χ4n) is 5.02. The van der Waals surface area contributed by atoms with Gasteiger partial charge in [0.1, 0.15) is 11.6 Å². The average Bonchev–Trinajstić information content (AvgIpc) is 2.74. The minimum absolute atomic E-state index is 0.0339. The monoisotopic (exact) mass is 478 g/mol. The number of hydrogen-bond acceptors (Lipinski definition) is 4. The lowest BCUT2D eigenvalue weighted by atomic mass is 9.50. The van der Waals surface area contributed by atoms with Crippen LogP contribution < -0.4 is 15.4 Å². The molecular formula is C23H21Cl2FN2O4. The maximum Gasteiger partial charge on any atom is 0.261 e. The Morgan fingerprint density at radius 3 is 2.69 bits per heavy atom. The third kappa shape index (κ3) is 3.62. The molecule has 2 aromatic rings. The SMILES string of the molecule is O=C(NC12CCC1C(NC(=O)[C@H]1C[C@@H](O)c3cc(Cl)ccc3O1)C2)c1ccc(Cl)c(F)c1. The number of halogens is 3. The van der Waals surface area contributed by atoms with E-state index in [-0.39, 0.29) is 46.3 Å². The van der Waals surface area contributed by atoms with Crippen LogP contribution in [0.3, 0.4) is 0 Å². The summed E-state index contributed by atoms with van der Waals surface area (Å²) in [7, 11) is 0. The molecule has 32 heavy (non-hydrogen) atoms. The van der Waals surface area contributed by atoms with E-state index in [2.05, 4.69) is 10.6 Å². The van der Waals surface area contributed by atoms with Gasteiger partial charge in [-0.1, -0.05) is 23.2 Å². The van der Waals surface area contributed by atoms with E-state index in [4.69, 9.17) is 27.9 Å². The molecule has 168 valence electrons. The van der Waals surface area contributed by atoms with Crippen LogP contribution in [0.15, 0.2) is 36.4 Å². The zero-order chi connectivity index (χ0) is 22.6. The van der Waals surface area contributed by atoms with Gasteiger partial charge in [0, 0.05) is 40.1 Å². The molecule has 0 saturated heterocycles. The van der Waals surface area contributed by atoms with Crippen molar-refractivity contribution >= 4 is 35.0 Å². The van der Waals surface area contributed by atoms with E-state index in [9.17, 15) is 19.1 Å². The van der Waals surface area contributed by atoms with E-state index in [1.54, 1.807) is 18.2 Å². The molecule has 0 spiro atoms. The van der Waals surface area contributed by atoms with Crippen molar-refractivity contribution in [1.82, 2.24) is 10.6 Å². The van der Waals surface area contributed by atoms with E-state index in [1.165, 1.54) is 12.1 Å². The number of amides is 2. The highest BCUT2D eigenvalue weighted by Crippen LogP contribution is 2.54. The lowest BCUT2D eigenvalue weighted by Gasteiger charge is -2.63. The zero-order valence-electron chi connectivity index (χ0n) is 16.9. The van der Waals surface area contributed by atoms with Crippen LogP contribution in [0.2, 0.25) is 10.0 Å². The number of carbonyl (C=O) groups is 2. The van der Waals surface area contributed by atoms with E-state index in [1.807, 2.05) is 0 Å². The average molecular weight is 479 g/mol. The van der Waals surface area contributed by atoms with Gasteiger partial charge in [0.15, 0.2) is 6.10 Å². The highest BCUT2D eigenvalue weighted by Gasteiger charge is 2.61. The summed E-state index contributed by atoms with van der Waals surface area (Å²) in [6, 6.07) is 8.81. The molecule has 1 aliphatic heterocycles. The molecule has 0 radical (unpaired) electrons. The molecule has 5 rings (SSSR count). The quantitative estimate of drug-likeness (QED) is 0.623. The lowest BCUT2D eigenvalue weighted by molar-refractivity contribution is -0.136. The summed E-state index contributed by atoms with van der Waals surface area (Å²) < 4.78 is 19.5. The third-order valence-electron chi connectivity index (χ3n) is 6.88. The van der Waals surface area contributed by atoms with Crippen molar-refractivity contribution in [3.8, 4) is 5.75 Å². The Balaban J connectivity index is 1.19. The predicted octanol–water partition coefficient (Wildman–Crippen LogP) is 3.78. The van der Waals surface area contributed by atoms with Gasteiger partial charge < -0.3 is 20.5 Å². The highest BCUT2D eigenvalue weighted by atomic mass is 35.5. The van der Waals surface area contributed by atoms with Gasteiger partial charge in [0.05, 0.1) is 11.1 Å². The first-order valence-corrected chi connectivity index (χ1v) is 11.2. The van der Waals surface area contributed by atoms with Crippen LogP contribution in [0.5, 0.6) is 5.75 Å². The molecule has 2 aliphatic carbocycles. The number of fused-ring (bicyclic) bond motifs is 2. The molecule has 1 heterocycles. The maximum absolute atomic E-state index is 13.7. The molecule has 0 aromatic heterocycles. The number of ether oxygens (including phenoxy) is 1. The molecule has 2 aromatic carbocycles. The second kappa shape index (κ2) is 7.90. The Morgan fingerprint density at radius 1 is 1.19 bits per heavy atom. The Kier molecular flexibility index (Phi) is 5.31. The van der Waals surface area contributed by atoms with E-state index >= 15 is 0 Å². The third-order valence-corrected chi connectivity index (χ3v) is 7.42. The van der Waals surface area contributed by atoms with Gasteiger partial charge in [-0.3, -0.25) is 9.59 Å². The number of aliphatic hydroxyl groups is 1. The standard InChI is InChI=1S/C23H21Cl2FN2O4/c24-12-2-4-19-13(8-12)18(29)9-20(32-19)22(31)27-17-10-23(6-5-14(17)23)28-21(30)11-1-3-15(25)16(26)7-11/h1-4,7-8,14,17-18,20,29H,5-6,9-10H2,(H,27,31)(H,28,30)/t14?,17?,18-,20-,23?/m1/s1. The molecule has 6 nitrogen and oxygen atoms in total. The van der Waals surface area contributed by atoms with E-state index in [0.717, 1.165) is 18.9 Å². The molecular weight excluding hydrogens is 458 g/mol. The summed E-state index contributed by atoms with van der Waals surface area (Å²) in [5, 5.41) is 16.9. The lowest BCUT2D eigenvalue weighted by Crippen LogP contribution is -2.76. The highest BCUT2D eigenvalue weighted by molar-refractivity contribution is 6.31. The summed E-state index contributed by atoms with van der Waals surface area (Å²) in [5.41, 5.74) is 0.397. The number of rotatable bonds is 4. The Labute approximate surface area is 194 Å². The van der Waals surface area contributed by atoms with Crippen molar-refractivity contribution < 1.29 is 23.8 Å². The molecule has 3 aliphatic rings. The van der Waals surface area contributed by atoms with Gasteiger partial charge in [-0.15, -0.1) is 0 Å². The van der Waals surface area contributed by atoms with Crippen LogP contribution in [0.25, 0.3) is 0 Å². The van der Waals surface area contributed by atoms with Gasteiger partial charge in [-0.05, 0) is 55.7 Å². The van der Waals surface area contributed by atoms with Crippen LogP contribution in [0.4, 0.5) is 4.39 Å². The molecule has 2 saturated carbocycles. The molecule has 3 unspecified atom stereocenters. The Morgan fingerprint density at radius 2 is 2.00 bits per heavy atom. The van der Waals surface area contributed by atoms with Crippen LogP contribution in [0, 0.1) is 11.7 Å². The van der Waals surface area contributed by atoms with Crippen molar-refractivity contribution in [2.24, 2.45) is 5.92 Å². The van der Waals surface area contributed by atoms with Crippen molar-refractivity contribution in [1.29, 1.82) is 0 Å². The van der Waals surface area contributed by atoms with Gasteiger partial charge in [0.25, 0.3) is 11.8 Å². The fraction of sp³-hybridized carbons (Fsp3) is 0.391. The fourth-order valence-corrected chi connectivity index (χ4v) is 5.32. The van der Waals surface area contributed by atoms with Gasteiger partial charge >= 0.3 is 0 Å². The Hall–Kier alpha value is -2.35. The molecule has 0 bridgehead atoms. The van der Waals surface area contributed by atoms with E-state index in [0.29, 0.717) is 22.8 Å². The van der Waals surface area contributed by atoms with Crippen molar-refractivity contribution in [2.75, 3.05) is 0 Å². The molecule has 2 fully saturated rings. The van der Waals surface area contributed by atoms with Crippen LogP contribution in [-0.2, 0) is 4.79 Å². The van der Waals surface area contributed by atoms with Crippen LogP contribution in [-0.4, -0.2) is 34.6 Å². The van der Waals surface area contributed by atoms with Gasteiger partial charge in [-0.2, -0.15) is 0 Å². The normalized spacial score (nSPS) is 30.0. The second-order valence-corrected chi connectivity index (χ2v) is 9.59. The largest absolute Gasteiger partial charge is 0.480 e. The maximum atomic E-state index is 13.7. The van der Waals surface area contributed by atoms with Crippen LogP contribution in [0.1, 0.15) is 47.7 Å².